The number of amides is 2. The van der Waals surface area contributed by atoms with E-state index in [1.54, 1.807) is 0 Å². The highest BCUT2D eigenvalue weighted by atomic mass is 127. The highest BCUT2D eigenvalue weighted by Crippen LogP contribution is 2.20. The standard InChI is InChI=1S/C23H43N5O3.HI/c1-6-24-21(25-14-8-9-20(29)26-19-10-11-19)28-15-12-18(13-16-28)17-27(7-2)22(30)31-23(3,4)5;/h18-19H,6-17H2,1-5H3,(H,24,25)(H,26,29);1H. The van der Waals surface area contributed by atoms with E-state index in [9.17, 15) is 9.59 Å². The Morgan fingerprint density at radius 1 is 1.12 bits per heavy atom. The lowest BCUT2D eigenvalue weighted by molar-refractivity contribution is -0.121. The maximum atomic E-state index is 12.4. The van der Waals surface area contributed by atoms with Gasteiger partial charge < -0.3 is 25.2 Å². The number of nitrogens with one attached hydrogen (secondary N) is 2. The minimum absolute atomic E-state index is 0. The molecule has 1 saturated carbocycles. The van der Waals surface area contributed by atoms with Crippen molar-refractivity contribution in [1.82, 2.24) is 20.4 Å². The van der Waals surface area contributed by atoms with E-state index in [1.807, 2.05) is 32.6 Å². The average molecular weight is 566 g/mol. The summed E-state index contributed by atoms with van der Waals surface area (Å²) in [5, 5.41) is 6.41. The molecule has 1 saturated heterocycles. The summed E-state index contributed by atoms with van der Waals surface area (Å²) >= 11 is 0. The van der Waals surface area contributed by atoms with Crippen LogP contribution in [0.15, 0.2) is 4.99 Å². The molecule has 0 aromatic heterocycles. The number of nitrogens with zero attached hydrogens (tertiary/aromatic N) is 3. The second-order valence-corrected chi connectivity index (χ2v) is 9.63. The van der Waals surface area contributed by atoms with E-state index >= 15 is 0 Å². The van der Waals surface area contributed by atoms with Gasteiger partial charge in [-0.05, 0) is 72.6 Å². The quantitative estimate of drug-likeness (QED) is 0.193. The Morgan fingerprint density at radius 2 is 1.78 bits per heavy atom. The zero-order valence-electron chi connectivity index (χ0n) is 20.6. The lowest BCUT2D eigenvalue weighted by Gasteiger charge is -2.36. The molecular weight excluding hydrogens is 521 g/mol. The summed E-state index contributed by atoms with van der Waals surface area (Å²) in [6.07, 6.45) is 5.37. The van der Waals surface area contributed by atoms with Crippen LogP contribution < -0.4 is 10.6 Å². The van der Waals surface area contributed by atoms with Crippen molar-refractivity contribution in [3.8, 4) is 0 Å². The van der Waals surface area contributed by atoms with Crippen molar-refractivity contribution in [2.75, 3.05) is 39.3 Å². The Kier molecular flexibility index (Phi) is 12.7. The number of carbonyl (C=O) groups is 2. The van der Waals surface area contributed by atoms with Crippen LogP contribution >= 0.6 is 24.0 Å². The molecule has 1 aliphatic heterocycles. The van der Waals surface area contributed by atoms with Gasteiger partial charge in [-0.25, -0.2) is 4.79 Å². The summed E-state index contributed by atoms with van der Waals surface area (Å²) < 4.78 is 5.54. The first-order valence-electron chi connectivity index (χ1n) is 12.0. The van der Waals surface area contributed by atoms with E-state index in [0.29, 0.717) is 31.5 Å². The molecule has 2 fully saturated rings. The van der Waals surface area contributed by atoms with Gasteiger partial charge in [0.25, 0.3) is 0 Å². The molecule has 1 aliphatic carbocycles. The third-order valence-corrected chi connectivity index (χ3v) is 5.53. The number of likely N-dealkylation sites (tertiary alicyclic amines) is 1. The van der Waals surface area contributed by atoms with Crippen LogP contribution in [-0.4, -0.2) is 78.7 Å². The first-order chi connectivity index (χ1) is 14.7. The summed E-state index contributed by atoms with van der Waals surface area (Å²) in [6.45, 7) is 14.5. The van der Waals surface area contributed by atoms with Crippen molar-refractivity contribution in [1.29, 1.82) is 0 Å². The molecule has 32 heavy (non-hydrogen) atoms. The SMILES string of the molecule is CCNC(=NCCCC(=O)NC1CC1)N1CCC(CN(CC)C(=O)OC(C)(C)C)CC1.I. The van der Waals surface area contributed by atoms with Gasteiger partial charge in [-0.15, -0.1) is 24.0 Å². The minimum Gasteiger partial charge on any atom is -0.444 e. The van der Waals surface area contributed by atoms with Crippen molar-refractivity contribution in [2.24, 2.45) is 10.9 Å². The summed E-state index contributed by atoms with van der Waals surface area (Å²) in [5.41, 5.74) is -0.469. The zero-order chi connectivity index (χ0) is 22.9. The molecule has 0 spiro atoms. The predicted octanol–water partition coefficient (Wildman–Crippen LogP) is 3.60. The fourth-order valence-corrected chi connectivity index (χ4v) is 3.68. The van der Waals surface area contributed by atoms with E-state index in [4.69, 9.17) is 9.73 Å². The Morgan fingerprint density at radius 3 is 2.31 bits per heavy atom. The van der Waals surface area contributed by atoms with Gasteiger partial charge in [0.2, 0.25) is 5.91 Å². The van der Waals surface area contributed by atoms with Crippen LogP contribution in [0.4, 0.5) is 4.79 Å². The normalized spacial score (nSPS) is 17.4. The second-order valence-electron chi connectivity index (χ2n) is 9.63. The van der Waals surface area contributed by atoms with Crippen molar-refractivity contribution in [3.63, 3.8) is 0 Å². The molecule has 8 nitrogen and oxygen atoms in total. The average Bonchev–Trinajstić information content (AvgIpc) is 3.51. The number of guanidine groups is 1. The fraction of sp³-hybridized carbons (Fsp3) is 0.870. The monoisotopic (exact) mass is 565 g/mol. The Balaban J connectivity index is 0.00000512. The maximum absolute atomic E-state index is 12.4. The molecule has 2 amide bonds. The molecule has 0 bridgehead atoms. The van der Waals surface area contributed by atoms with Gasteiger partial charge in [0.05, 0.1) is 0 Å². The van der Waals surface area contributed by atoms with Gasteiger partial charge in [0.15, 0.2) is 5.96 Å². The number of hydrogen-bond donors (Lipinski definition) is 2. The number of ether oxygens (including phenoxy) is 1. The fourth-order valence-electron chi connectivity index (χ4n) is 3.68. The van der Waals surface area contributed by atoms with Gasteiger partial charge in [0, 0.05) is 51.7 Å². The molecule has 0 unspecified atom stereocenters. The zero-order valence-corrected chi connectivity index (χ0v) is 22.9. The third kappa shape index (κ3) is 11.0. The first kappa shape index (κ1) is 28.8. The molecule has 1 heterocycles. The molecular formula is C23H44IN5O3. The number of carbonyl (C=O) groups excluding carboxylic acids is 2. The Bertz CT molecular complexity index is 611. The predicted molar refractivity (Wildman–Crippen MR) is 140 cm³/mol. The van der Waals surface area contributed by atoms with Gasteiger partial charge in [-0.3, -0.25) is 9.79 Å². The van der Waals surface area contributed by atoms with Crippen LogP contribution in [0.1, 0.15) is 73.1 Å². The van der Waals surface area contributed by atoms with Gasteiger partial charge in [-0.1, -0.05) is 0 Å². The molecule has 2 rings (SSSR count). The van der Waals surface area contributed by atoms with Crippen molar-refractivity contribution < 1.29 is 14.3 Å². The van der Waals surface area contributed by atoms with Crippen LogP contribution in [0.5, 0.6) is 0 Å². The van der Waals surface area contributed by atoms with Gasteiger partial charge in [0.1, 0.15) is 5.60 Å². The molecule has 2 aliphatic rings. The number of rotatable bonds is 9. The van der Waals surface area contributed by atoms with Crippen LogP contribution in [0.2, 0.25) is 0 Å². The first-order valence-corrected chi connectivity index (χ1v) is 12.0. The van der Waals surface area contributed by atoms with Gasteiger partial charge in [-0.2, -0.15) is 0 Å². The maximum Gasteiger partial charge on any atom is 0.410 e. The molecule has 0 aromatic carbocycles. The van der Waals surface area contributed by atoms with E-state index in [1.165, 1.54) is 0 Å². The highest BCUT2D eigenvalue weighted by Gasteiger charge is 2.27. The smallest absolute Gasteiger partial charge is 0.410 e. The Labute approximate surface area is 211 Å². The number of aliphatic imine (C=N–C) groups is 1. The number of piperidine rings is 1. The summed E-state index contributed by atoms with van der Waals surface area (Å²) in [7, 11) is 0. The van der Waals surface area contributed by atoms with Crippen molar-refractivity contribution in [3.05, 3.63) is 0 Å². The van der Waals surface area contributed by atoms with Crippen molar-refractivity contribution >= 4 is 41.9 Å². The number of hydrogen-bond acceptors (Lipinski definition) is 4. The van der Waals surface area contributed by atoms with Crippen LogP contribution in [0, 0.1) is 5.92 Å². The summed E-state index contributed by atoms with van der Waals surface area (Å²) in [4.78, 5) is 33.1. The largest absolute Gasteiger partial charge is 0.444 e. The van der Waals surface area contributed by atoms with E-state index in [2.05, 4.69) is 22.5 Å². The minimum atomic E-state index is -0.469. The second kappa shape index (κ2) is 14.1. The van der Waals surface area contributed by atoms with Crippen LogP contribution in [0.25, 0.3) is 0 Å². The molecule has 2 N–H and O–H groups in total. The number of halogens is 1. The molecule has 186 valence electrons. The Hall–Kier alpha value is -1.26. The lowest BCUT2D eigenvalue weighted by atomic mass is 9.96. The van der Waals surface area contributed by atoms with Crippen LogP contribution in [0.3, 0.4) is 0 Å². The van der Waals surface area contributed by atoms with Crippen molar-refractivity contribution in [2.45, 2.75) is 84.8 Å². The van der Waals surface area contributed by atoms with Crippen LogP contribution in [-0.2, 0) is 9.53 Å². The topological polar surface area (TPSA) is 86.3 Å². The summed E-state index contributed by atoms with van der Waals surface area (Å²) in [5.74, 6) is 1.55. The summed E-state index contributed by atoms with van der Waals surface area (Å²) in [6, 6.07) is 0.425. The van der Waals surface area contributed by atoms with E-state index in [-0.39, 0.29) is 36.0 Å². The lowest BCUT2D eigenvalue weighted by Crippen LogP contribution is -2.48. The molecule has 9 heteroatoms. The highest BCUT2D eigenvalue weighted by molar-refractivity contribution is 14.0. The third-order valence-electron chi connectivity index (χ3n) is 5.53. The molecule has 0 aromatic rings. The molecule has 0 radical (unpaired) electrons. The van der Waals surface area contributed by atoms with E-state index in [0.717, 1.165) is 64.2 Å². The van der Waals surface area contributed by atoms with E-state index < -0.39 is 5.60 Å². The van der Waals surface area contributed by atoms with Gasteiger partial charge >= 0.3 is 6.09 Å². The molecule has 0 atom stereocenters.